The minimum atomic E-state index is -0.655. The van der Waals surface area contributed by atoms with Crippen LogP contribution in [0, 0.1) is 12.7 Å². The number of hydrogen-bond acceptors (Lipinski definition) is 3. The standard InChI is InChI=1S/C11H14FNO2.ClH/c1-7-3-4-9(12)8(5-7)10(13)6-11(14)15-2;/h3-5,10H,6,13H2,1-2H3;1H/t10-;/m0./s1. The largest absolute Gasteiger partial charge is 0.469 e. The fourth-order valence-corrected chi connectivity index (χ4v) is 1.32. The summed E-state index contributed by atoms with van der Waals surface area (Å²) < 4.78 is 17.8. The lowest BCUT2D eigenvalue weighted by atomic mass is 10.0. The second kappa shape index (κ2) is 6.45. The van der Waals surface area contributed by atoms with Crippen LogP contribution in [0.25, 0.3) is 0 Å². The molecule has 1 aromatic rings. The van der Waals surface area contributed by atoms with Crippen LogP contribution in [-0.4, -0.2) is 13.1 Å². The number of methoxy groups -OCH3 is 1. The highest BCUT2D eigenvalue weighted by Gasteiger charge is 2.15. The number of ether oxygens (including phenoxy) is 1. The van der Waals surface area contributed by atoms with E-state index in [1.807, 2.05) is 6.92 Å². The summed E-state index contributed by atoms with van der Waals surface area (Å²) in [5.74, 6) is -0.833. The molecule has 2 N–H and O–H groups in total. The molecular formula is C11H15ClFNO2. The second-order valence-electron chi connectivity index (χ2n) is 3.41. The van der Waals surface area contributed by atoms with Gasteiger partial charge in [-0.05, 0) is 13.0 Å². The molecule has 90 valence electrons. The van der Waals surface area contributed by atoms with Crippen LogP contribution in [0.4, 0.5) is 4.39 Å². The fourth-order valence-electron chi connectivity index (χ4n) is 1.32. The molecule has 16 heavy (non-hydrogen) atoms. The average Bonchev–Trinajstić information content (AvgIpc) is 2.21. The maximum atomic E-state index is 13.3. The van der Waals surface area contributed by atoms with Gasteiger partial charge in [0.1, 0.15) is 5.82 Å². The summed E-state index contributed by atoms with van der Waals surface area (Å²) in [6.45, 7) is 1.84. The van der Waals surface area contributed by atoms with E-state index >= 15 is 0 Å². The van der Waals surface area contributed by atoms with Crippen molar-refractivity contribution < 1.29 is 13.9 Å². The van der Waals surface area contributed by atoms with Crippen molar-refractivity contribution in [3.63, 3.8) is 0 Å². The van der Waals surface area contributed by atoms with Crippen molar-refractivity contribution in [1.82, 2.24) is 0 Å². The van der Waals surface area contributed by atoms with Crippen molar-refractivity contribution >= 4 is 18.4 Å². The molecule has 1 atom stereocenters. The lowest BCUT2D eigenvalue weighted by Crippen LogP contribution is -2.17. The Morgan fingerprint density at radius 2 is 2.19 bits per heavy atom. The number of esters is 1. The van der Waals surface area contributed by atoms with Crippen LogP contribution < -0.4 is 5.73 Å². The normalized spacial score (nSPS) is 11.5. The summed E-state index contributed by atoms with van der Waals surface area (Å²) in [5, 5.41) is 0. The van der Waals surface area contributed by atoms with Crippen molar-refractivity contribution in [3.8, 4) is 0 Å². The molecule has 1 aromatic carbocycles. The predicted octanol–water partition coefficient (Wildman–Crippen LogP) is 2.12. The summed E-state index contributed by atoms with van der Waals surface area (Å²) >= 11 is 0. The second-order valence-corrected chi connectivity index (χ2v) is 3.41. The Labute approximate surface area is 100 Å². The lowest BCUT2D eigenvalue weighted by molar-refractivity contribution is -0.141. The van der Waals surface area contributed by atoms with Gasteiger partial charge in [-0.25, -0.2) is 4.39 Å². The van der Waals surface area contributed by atoms with E-state index in [0.717, 1.165) is 5.56 Å². The van der Waals surface area contributed by atoms with Crippen LogP contribution >= 0.6 is 12.4 Å². The van der Waals surface area contributed by atoms with Gasteiger partial charge in [-0.3, -0.25) is 4.79 Å². The molecule has 0 aliphatic carbocycles. The van der Waals surface area contributed by atoms with Gasteiger partial charge in [-0.15, -0.1) is 12.4 Å². The molecule has 0 bridgehead atoms. The van der Waals surface area contributed by atoms with Crippen LogP contribution in [0.2, 0.25) is 0 Å². The van der Waals surface area contributed by atoms with Crippen molar-refractivity contribution in [1.29, 1.82) is 0 Å². The molecule has 0 aromatic heterocycles. The maximum Gasteiger partial charge on any atom is 0.307 e. The topological polar surface area (TPSA) is 52.3 Å². The molecule has 3 nitrogen and oxygen atoms in total. The van der Waals surface area contributed by atoms with Gasteiger partial charge < -0.3 is 10.5 Å². The molecule has 0 radical (unpaired) electrons. The first-order valence-electron chi connectivity index (χ1n) is 4.63. The van der Waals surface area contributed by atoms with Crippen LogP contribution in [0.3, 0.4) is 0 Å². The van der Waals surface area contributed by atoms with E-state index in [-0.39, 0.29) is 18.8 Å². The molecule has 0 aliphatic rings. The molecule has 5 heteroatoms. The van der Waals surface area contributed by atoms with Gasteiger partial charge in [0.2, 0.25) is 0 Å². The molecule has 0 fully saturated rings. The van der Waals surface area contributed by atoms with Crippen molar-refractivity contribution in [2.45, 2.75) is 19.4 Å². The highest BCUT2D eigenvalue weighted by Crippen LogP contribution is 2.19. The number of hydrogen-bond donors (Lipinski definition) is 1. The summed E-state index contributed by atoms with van der Waals surface area (Å²) in [5.41, 5.74) is 6.96. The lowest BCUT2D eigenvalue weighted by Gasteiger charge is -2.12. The molecule has 0 aliphatic heterocycles. The summed E-state index contributed by atoms with van der Waals surface area (Å²) in [6, 6.07) is 3.99. The first-order chi connectivity index (χ1) is 7.04. The van der Waals surface area contributed by atoms with Crippen molar-refractivity contribution in [3.05, 3.63) is 35.1 Å². The first kappa shape index (κ1) is 14.9. The van der Waals surface area contributed by atoms with E-state index in [9.17, 15) is 9.18 Å². The van der Waals surface area contributed by atoms with Crippen molar-refractivity contribution in [2.24, 2.45) is 5.73 Å². The molecular weight excluding hydrogens is 233 g/mol. The van der Waals surface area contributed by atoms with Gasteiger partial charge in [0.25, 0.3) is 0 Å². The van der Waals surface area contributed by atoms with E-state index in [4.69, 9.17) is 5.73 Å². The van der Waals surface area contributed by atoms with Gasteiger partial charge in [-0.1, -0.05) is 17.7 Å². The zero-order valence-corrected chi connectivity index (χ0v) is 10.0. The van der Waals surface area contributed by atoms with Gasteiger partial charge >= 0.3 is 5.97 Å². The van der Waals surface area contributed by atoms with E-state index < -0.39 is 17.8 Å². The van der Waals surface area contributed by atoms with Gasteiger partial charge in [-0.2, -0.15) is 0 Å². The number of rotatable bonds is 3. The van der Waals surface area contributed by atoms with Crippen LogP contribution in [-0.2, 0) is 9.53 Å². The number of halogens is 2. The summed E-state index contributed by atoms with van der Waals surface area (Å²) in [7, 11) is 1.28. The van der Waals surface area contributed by atoms with Crippen LogP contribution in [0.15, 0.2) is 18.2 Å². The smallest absolute Gasteiger partial charge is 0.307 e. The van der Waals surface area contributed by atoms with Gasteiger partial charge in [0.15, 0.2) is 0 Å². The molecule has 0 amide bonds. The highest BCUT2D eigenvalue weighted by molar-refractivity contribution is 5.85. The Hall–Kier alpha value is -1.13. The zero-order chi connectivity index (χ0) is 11.4. The van der Waals surface area contributed by atoms with Gasteiger partial charge in [0, 0.05) is 11.6 Å². The number of benzene rings is 1. The SMILES string of the molecule is COC(=O)C[C@H](N)c1cc(C)ccc1F.Cl. The predicted molar refractivity (Wildman–Crippen MR) is 61.9 cm³/mol. The van der Waals surface area contributed by atoms with E-state index in [2.05, 4.69) is 4.74 Å². The van der Waals surface area contributed by atoms with E-state index in [1.165, 1.54) is 13.2 Å². The molecule has 0 saturated heterocycles. The Bertz CT molecular complexity index is 371. The molecule has 0 saturated carbocycles. The number of carbonyl (C=O) groups excluding carboxylic acids is 1. The molecule has 0 unspecified atom stereocenters. The van der Waals surface area contributed by atoms with E-state index in [1.54, 1.807) is 12.1 Å². The van der Waals surface area contributed by atoms with E-state index in [0.29, 0.717) is 5.56 Å². The summed E-state index contributed by atoms with van der Waals surface area (Å²) in [4.78, 5) is 11.0. The third-order valence-electron chi connectivity index (χ3n) is 2.17. The minimum Gasteiger partial charge on any atom is -0.469 e. The van der Waals surface area contributed by atoms with Crippen LogP contribution in [0.1, 0.15) is 23.6 Å². The third-order valence-corrected chi connectivity index (χ3v) is 2.17. The Morgan fingerprint density at radius 1 is 1.56 bits per heavy atom. The number of aryl methyl sites for hydroxylation is 1. The zero-order valence-electron chi connectivity index (χ0n) is 9.20. The summed E-state index contributed by atoms with van der Waals surface area (Å²) in [6.07, 6.45) is -0.0170. The Balaban J connectivity index is 0.00000225. The quantitative estimate of drug-likeness (QED) is 0.833. The molecule has 0 spiro atoms. The Kier molecular flexibility index (Phi) is 6.00. The van der Waals surface area contributed by atoms with Gasteiger partial charge in [0.05, 0.1) is 13.5 Å². The number of nitrogens with two attached hydrogens (primary N) is 1. The fraction of sp³-hybridized carbons (Fsp3) is 0.364. The van der Waals surface area contributed by atoms with Crippen LogP contribution in [0.5, 0.6) is 0 Å². The average molecular weight is 248 g/mol. The molecule has 1 rings (SSSR count). The van der Waals surface area contributed by atoms with Crippen molar-refractivity contribution in [2.75, 3.05) is 7.11 Å². The third kappa shape index (κ3) is 3.79. The first-order valence-corrected chi connectivity index (χ1v) is 4.63. The Morgan fingerprint density at radius 3 is 2.75 bits per heavy atom. The monoisotopic (exact) mass is 247 g/mol. The number of carbonyl (C=O) groups is 1. The highest BCUT2D eigenvalue weighted by atomic mass is 35.5. The molecule has 0 heterocycles. The maximum absolute atomic E-state index is 13.3. The minimum absolute atomic E-state index is 0.